The zero-order chi connectivity index (χ0) is 19.2. The average molecular weight is 390 g/mol. The Morgan fingerprint density at radius 3 is 2.93 bits per heavy atom. The molecule has 0 saturated carbocycles. The predicted octanol–water partition coefficient (Wildman–Crippen LogP) is 3.25. The number of methoxy groups -OCH3 is 2. The molecule has 1 saturated heterocycles. The van der Waals surface area contributed by atoms with E-state index in [1.165, 1.54) is 0 Å². The third-order valence-corrected chi connectivity index (χ3v) is 5.84. The number of piperidine rings is 1. The van der Waals surface area contributed by atoms with Crippen LogP contribution in [0.25, 0.3) is 0 Å². The standard InChI is InChI=1S/C20H27N3O3S/c1-14(24)22-19(20-21-8-10-27-20)16-5-4-9-23(13-16)12-15-6-7-17(25-2)11-18(15)26-3/h6-8,10-11,16,19H,4-5,9,12-13H2,1-3H3,(H,22,24). The summed E-state index contributed by atoms with van der Waals surface area (Å²) in [7, 11) is 3.34. The summed E-state index contributed by atoms with van der Waals surface area (Å²) in [6.45, 7) is 4.34. The highest BCUT2D eigenvalue weighted by Gasteiger charge is 2.30. The molecule has 1 aromatic carbocycles. The van der Waals surface area contributed by atoms with E-state index in [-0.39, 0.29) is 11.9 Å². The summed E-state index contributed by atoms with van der Waals surface area (Å²) in [5, 5.41) is 6.07. The van der Waals surface area contributed by atoms with Gasteiger partial charge < -0.3 is 14.8 Å². The van der Waals surface area contributed by atoms with Gasteiger partial charge in [0, 0.05) is 43.2 Å². The number of carbonyl (C=O) groups excluding carboxylic acids is 1. The first kappa shape index (κ1) is 19.6. The number of amides is 1. The number of ether oxygens (including phenoxy) is 2. The van der Waals surface area contributed by atoms with Crippen LogP contribution >= 0.6 is 11.3 Å². The van der Waals surface area contributed by atoms with E-state index < -0.39 is 0 Å². The predicted molar refractivity (Wildman–Crippen MR) is 106 cm³/mol. The lowest BCUT2D eigenvalue weighted by atomic mass is 9.90. The Morgan fingerprint density at radius 1 is 1.41 bits per heavy atom. The molecule has 6 nitrogen and oxygen atoms in total. The summed E-state index contributed by atoms with van der Waals surface area (Å²) in [6, 6.07) is 5.93. The quantitative estimate of drug-likeness (QED) is 0.788. The molecule has 2 atom stereocenters. The third-order valence-electron chi connectivity index (χ3n) is 4.98. The van der Waals surface area contributed by atoms with Crippen LogP contribution in [-0.2, 0) is 11.3 Å². The van der Waals surface area contributed by atoms with Gasteiger partial charge in [0.2, 0.25) is 5.91 Å². The second kappa shape index (κ2) is 9.19. The van der Waals surface area contributed by atoms with Crippen molar-refractivity contribution < 1.29 is 14.3 Å². The molecule has 1 aliphatic heterocycles. The maximum Gasteiger partial charge on any atom is 0.217 e. The van der Waals surface area contributed by atoms with Crippen molar-refractivity contribution in [2.45, 2.75) is 32.4 Å². The minimum Gasteiger partial charge on any atom is -0.497 e. The number of rotatable bonds is 7. The SMILES string of the molecule is COc1ccc(CN2CCCC(C(NC(C)=O)c3nccs3)C2)c(OC)c1. The fourth-order valence-corrected chi connectivity index (χ4v) is 4.50. The summed E-state index contributed by atoms with van der Waals surface area (Å²) < 4.78 is 10.8. The Hall–Kier alpha value is -2.12. The number of hydrogen-bond donors (Lipinski definition) is 1. The van der Waals surface area contributed by atoms with E-state index in [4.69, 9.17) is 9.47 Å². The lowest BCUT2D eigenvalue weighted by molar-refractivity contribution is -0.120. The lowest BCUT2D eigenvalue weighted by Crippen LogP contribution is -2.42. The summed E-state index contributed by atoms with van der Waals surface area (Å²) in [4.78, 5) is 18.6. The van der Waals surface area contributed by atoms with Gasteiger partial charge in [-0.2, -0.15) is 0 Å². The Morgan fingerprint density at radius 2 is 2.26 bits per heavy atom. The number of thiazole rings is 1. The van der Waals surface area contributed by atoms with Crippen molar-refractivity contribution in [2.75, 3.05) is 27.3 Å². The minimum absolute atomic E-state index is 0.0100. The summed E-state index contributed by atoms with van der Waals surface area (Å²) >= 11 is 1.60. The normalized spacial score (nSPS) is 18.7. The number of nitrogens with one attached hydrogen (secondary N) is 1. The highest BCUT2D eigenvalue weighted by Crippen LogP contribution is 2.33. The van der Waals surface area contributed by atoms with E-state index in [1.54, 1.807) is 38.7 Å². The molecule has 146 valence electrons. The largest absolute Gasteiger partial charge is 0.497 e. The van der Waals surface area contributed by atoms with E-state index in [1.807, 2.05) is 17.5 Å². The van der Waals surface area contributed by atoms with Gasteiger partial charge in [-0.1, -0.05) is 6.07 Å². The summed E-state index contributed by atoms with van der Waals surface area (Å²) in [5.74, 6) is 1.97. The van der Waals surface area contributed by atoms with Gasteiger partial charge in [0.15, 0.2) is 0 Å². The van der Waals surface area contributed by atoms with Crippen LogP contribution < -0.4 is 14.8 Å². The number of benzene rings is 1. The zero-order valence-electron chi connectivity index (χ0n) is 16.1. The second-order valence-corrected chi connectivity index (χ2v) is 7.79. The molecule has 2 unspecified atom stereocenters. The highest BCUT2D eigenvalue weighted by molar-refractivity contribution is 7.09. The Labute approximate surface area is 164 Å². The van der Waals surface area contributed by atoms with Gasteiger partial charge in [-0.15, -0.1) is 11.3 Å². The molecule has 0 bridgehead atoms. The van der Waals surface area contributed by atoms with Crippen molar-refractivity contribution in [3.8, 4) is 11.5 Å². The molecule has 3 rings (SSSR count). The molecule has 27 heavy (non-hydrogen) atoms. The van der Waals surface area contributed by atoms with Crippen LogP contribution in [0.15, 0.2) is 29.8 Å². The van der Waals surface area contributed by atoms with Gasteiger partial charge in [0.1, 0.15) is 16.5 Å². The Balaban J connectivity index is 1.72. The average Bonchev–Trinajstić information content (AvgIpc) is 3.21. The first-order chi connectivity index (χ1) is 13.1. The van der Waals surface area contributed by atoms with Gasteiger partial charge in [-0.3, -0.25) is 9.69 Å². The first-order valence-corrected chi connectivity index (χ1v) is 10.1. The number of likely N-dealkylation sites (tertiary alicyclic amines) is 1. The van der Waals surface area contributed by atoms with Crippen molar-refractivity contribution in [1.82, 2.24) is 15.2 Å². The van der Waals surface area contributed by atoms with Gasteiger partial charge in [0.05, 0.1) is 20.3 Å². The zero-order valence-corrected chi connectivity index (χ0v) is 16.9. The fourth-order valence-electron chi connectivity index (χ4n) is 3.72. The molecular weight excluding hydrogens is 362 g/mol. The molecule has 1 aromatic heterocycles. The van der Waals surface area contributed by atoms with Crippen LogP contribution in [0, 0.1) is 5.92 Å². The van der Waals surface area contributed by atoms with Gasteiger partial charge in [-0.25, -0.2) is 4.98 Å². The fraction of sp³-hybridized carbons (Fsp3) is 0.500. The van der Waals surface area contributed by atoms with Crippen LogP contribution in [0.1, 0.15) is 36.4 Å². The summed E-state index contributed by atoms with van der Waals surface area (Å²) in [6.07, 6.45) is 3.99. The van der Waals surface area contributed by atoms with Crippen molar-refractivity contribution in [3.05, 3.63) is 40.3 Å². The van der Waals surface area contributed by atoms with E-state index in [0.717, 1.165) is 54.5 Å². The van der Waals surface area contributed by atoms with Gasteiger partial charge in [0.25, 0.3) is 0 Å². The Bertz CT molecular complexity index is 751. The summed E-state index contributed by atoms with van der Waals surface area (Å²) in [5.41, 5.74) is 1.14. The van der Waals surface area contributed by atoms with E-state index >= 15 is 0 Å². The van der Waals surface area contributed by atoms with Crippen molar-refractivity contribution >= 4 is 17.2 Å². The maximum atomic E-state index is 11.7. The number of aromatic nitrogens is 1. The topological polar surface area (TPSA) is 63.7 Å². The molecule has 1 N–H and O–H groups in total. The van der Waals surface area contributed by atoms with Crippen molar-refractivity contribution in [1.29, 1.82) is 0 Å². The third kappa shape index (κ3) is 4.99. The highest BCUT2D eigenvalue weighted by atomic mass is 32.1. The minimum atomic E-state index is -0.0249. The van der Waals surface area contributed by atoms with Crippen LogP contribution in [-0.4, -0.2) is 43.1 Å². The molecule has 0 spiro atoms. The number of nitrogens with zero attached hydrogens (tertiary/aromatic N) is 2. The molecule has 7 heteroatoms. The number of hydrogen-bond acceptors (Lipinski definition) is 6. The van der Waals surface area contributed by atoms with Gasteiger partial charge in [-0.05, 0) is 31.4 Å². The van der Waals surface area contributed by atoms with E-state index in [0.29, 0.717) is 5.92 Å². The molecule has 0 aliphatic carbocycles. The van der Waals surface area contributed by atoms with Gasteiger partial charge >= 0.3 is 0 Å². The van der Waals surface area contributed by atoms with Crippen LogP contribution in [0.3, 0.4) is 0 Å². The van der Waals surface area contributed by atoms with Crippen LogP contribution in [0.2, 0.25) is 0 Å². The van der Waals surface area contributed by atoms with Crippen LogP contribution in [0.5, 0.6) is 11.5 Å². The van der Waals surface area contributed by atoms with Crippen molar-refractivity contribution in [2.24, 2.45) is 5.92 Å². The molecule has 1 fully saturated rings. The van der Waals surface area contributed by atoms with E-state index in [2.05, 4.69) is 21.3 Å². The molecule has 0 radical (unpaired) electrons. The number of carbonyl (C=O) groups is 1. The molecule has 2 aromatic rings. The lowest BCUT2D eigenvalue weighted by Gasteiger charge is -2.36. The second-order valence-electron chi connectivity index (χ2n) is 6.86. The smallest absolute Gasteiger partial charge is 0.217 e. The first-order valence-electron chi connectivity index (χ1n) is 9.20. The van der Waals surface area contributed by atoms with Crippen molar-refractivity contribution in [3.63, 3.8) is 0 Å². The van der Waals surface area contributed by atoms with E-state index in [9.17, 15) is 4.79 Å². The molecule has 1 amide bonds. The molecule has 2 heterocycles. The maximum absolute atomic E-state index is 11.7. The Kier molecular flexibility index (Phi) is 6.68. The van der Waals surface area contributed by atoms with Crippen LogP contribution in [0.4, 0.5) is 0 Å². The molecule has 1 aliphatic rings. The molecular formula is C20H27N3O3S. The monoisotopic (exact) mass is 389 g/mol.